The summed E-state index contributed by atoms with van der Waals surface area (Å²) in [6.45, 7) is 1.95. The molecule has 31 heavy (non-hydrogen) atoms. The van der Waals surface area contributed by atoms with Crippen LogP contribution in [0.3, 0.4) is 0 Å². The van der Waals surface area contributed by atoms with Gasteiger partial charge in [-0.25, -0.2) is 13.5 Å². The van der Waals surface area contributed by atoms with Crippen molar-refractivity contribution in [1.82, 2.24) is 9.78 Å². The molecule has 1 N–H and O–H groups in total. The molecule has 2 aromatic carbocycles. The van der Waals surface area contributed by atoms with Crippen LogP contribution in [0.2, 0.25) is 0 Å². The molecule has 5 rings (SSSR count). The maximum atomic E-state index is 16.7. The molecule has 1 saturated carbocycles. The normalized spacial score (nSPS) is 26.0. The lowest BCUT2D eigenvalue weighted by molar-refractivity contribution is -0.0975. The number of aliphatic hydroxyl groups excluding tert-OH is 1. The quantitative estimate of drug-likeness (QED) is 0.609. The minimum absolute atomic E-state index is 0.294. The van der Waals surface area contributed by atoms with Crippen molar-refractivity contribution in [3.05, 3.63) is 89.0 Å². The first-order valence-electron chi connectivity index (χ1n) is 10.9. The summed E-state index contributed by atoms with van der Waals surface area (Å²) < 4.78 is 31.8. The van der Waals surface area contributed by atoms with Crippen molar-refractivity contribution in [1.29, 1.82) is 0 Å². The molecule has 0 bridgehead atoms. The van der Waals surface area contributed by atoms with Crippen molar-refractivity contribution in [2.75, 3.05) is 0 Å². The van der Waals surface area contributed by atoms with Gasteiger partial charge < -0.3 is 5.11 Å². The number of fused-ring (bicyclic) bond motifs is 2. The Bertz CT molecular complexity index is 1120. The molecule has 2 unspecified atom stereocenters. The Hall–Kier alpha value is -2.79. The van der Waals surface area contributed by atoms with Crippen LogP contribution in [0, 0.1) is 11.2 Å². The average Bonchev–Trinajstić information content (AvgIpc) is 3.16. The van der Waals surface area contributed by atoms with Gasteiger partial charge in [0, 0.05) is 11.8 Å². The van der Waals surface area contributed by atoms with Crippen LogP contribution in [0.15, 0.2) is 66.4 Å². The second kappa shape index (κ2) is 7.41. The van der Waals surface area contributed by atoms with Gasteiger partial charge in [-0.05, 0) is 67.2 Å². The third kappa shape index (κ3) is 3.23. The fraction of sp³-hybridized carbons (Fsp3) is 0.346. The summed E-state index contributed by atoms with van der Waals surface area (Å²) in [7, 11) is 0. The van der Waals surface area contributed by atoms with Gasteiger partial charge in [-0.1, -0.05) is 42.8 Å². The highest BCUT2D eigenvalue weighted by molar-refractivity contribution is 5.62. The van der Waals surface area contributed by atoms with Crippen LogP contribution >= 0.6 is 0 Å². The third-order valence-electron chi connectivity index (χ3n) is 7.23. The molecule has 1 heterocycles. The van der Waals surface area contributed by atoms with Gasteiger partial charge in [-0.3, -0.25) is 0 Å². The SMILES string of the molecule is CC12Cc3cnn(-c4ccc(F)cc4)c3C=C1CCCC2(F)[C@@H](O)Cc1ccccc1. The summed E-state index contributed by atoms with van der Waals surface area (Å²) in [4.78, 5) is 0. The molecule has 5 heteroatoms. The van der Waals surface area contributed by atoms with Crippen molar-refractivity contribution in [2.24, 2.45) is 5.41 Å². The van der Waals surface area contributed by atoms with Gasteiger partial charge >= 0.3 is 0 Å². The lowest BCUT2D eigenvalue weighted by atomic mass is 9.56. The lowest BCUT2D eigenvalue weighted by Crippen LogP contribution is -2.57. The highest BCUT2D eigenvalue weighted by atomic mass is 19.1. The van der Waals surface area contributed by atoms with E-state index < -0.39 is 17.2 Å². The Morgan fingerprint density at radius 2 is 1.87 bits per heavy atom. The lowest BCUT2D eigenvalue weighted by Gasteiger charge is -2.52. The predicted octanol–water partition coefficient (Wildman–Crippen LogP) is 5.45. The fourth-order valence-electron chi connectivity index (χ4n) is 5.40. The number of alkyl halides is 1. The molecule has 0 amide bonds. The van der Waals surface area contributed by atoms with Crippen LogP contribution in [-0.2, 0) is 12.8 Å². The predicted molar refractivity (Wildman–Crippen MR) is 117 cm³/mol. The maximum Gasteiger partial charge on any atom is 0.146 e. The Balaban J connectivity index is 1.51. The van der Waals surface area contributed by atoms with Crippen molar-refractivity contribution in [3.8, 4) is 5.69 Å². The molecule has 1 fully saturated rings. The molecule has 2 aliphatic carbocycles. The molecular formula is C26H26F2N2O. The molecule has 3 atom stereocenters. The molecular weight excluding hydrogens is 394 g/mol. The number of aliphatic hydroxyl groups is 1. The van der Waals surface area contributed by atoms with Crippen molar-refractivity contribution < 1.29 is 13.9 Å². The van der Waals surface area contributed by atoms with Crippen molar-refractivity contribution in [3.63, 3.8) is 0 Å². The van der Waals surface area contributed by atoms with Gasteiger partial charge in [0.05, 0.1) is 23.7 Å². The van der Waals surface area contributed by atoms with Crippen LogP contribution in [0.1, 0.15) is 43.0 Å². The molecule has 2 aliphatic rings. The smallest absolute Gasteiger partial charge is 0.146 e. The fourth-order valence-corrected chi connectivity index (χ4v) is 5.40. The molecule has 1 aromatic heterocycles. The summed E-state index contributed by atoms with van der Waals surface area (Å²) in [5.41, 5.74) is 2.09. The zero-order valence-corrected chi connectivity index (χ0v) is 17.6. The van der Waals surface area contributed by atoms with Crippen molar-refractivity contribution in [2.45, 2.75) is 50.8 Å². The van der Waals surface area contributed by atoms with E-state index in [9.17, 15) is 9.50 Å². The monoisotopic (exact) mass is 420 g/mol. The second-order valence-electron chi connectivity index (χ2n) is 9.04. The van der Waals surface area contributed by atoms with Gasteiger partial charge in [-0.15, -0.1) is 0 Å². The first-order valence-corrected chi connectivity index (χ1v) is 10.9. The molecule has 160 valence electrons. The van der Waals surface area contributed by atoms with E-state index >= 15 is 4.39 Å². The van der Waals surface area contributed by atoms with E-state index in [1.807, 2.05) is 43.3 Å². The Morgan fingerprint density at radius 3 is 2.61 bits per heavy atom. The van der Waals surface area contributed by atoms with E-state index in [1.165, 1.54) is 12.1 Å². The number of benzene rings is 2. The van der Waals surface area contributed by atoms with E-state index in [1.54, 1.807) is 23.0 Å². The van der Waals surface area contributed by atoms with Crippen LogP contribution in [0.25, 0.3) is 11.8 Å². The van der Waals surface area contributed by atoms with Crippen LogP contribution in [-0.4, -0.2) is 26.7 Å². The van der Waals surface area contributed by atoms with E-state index in [0.717, 1.165) is 34.5 Å². The van der Waals surface area contributed by atoms with Crippen LogP contribution in [0.5, 0.6) is 0 Å². The van der Waals surface area contributed by atoms with Crippen molar-refractivity contribution >= 4 is 6.08 Å². The minimum atomic E-state index is -1.72. The standard InChI is InChI=1S/C26H26F2N2O/c1-25-16-19-17-29-30(22-11-9-21(27)10-12-22)23(19)15-20(25)8-5-13-26(25,28)24(31)14-18-6-3-2-4-7-18/h2-4,6-7,9-12,15,17,24,31H,5,8,13-14,16H2,1H3/t24-,25?,26?/m0/s1. The van der Waals surface area contributed by atoms with E-state index in [4.69, 9.17) is 0 Å². The summed E-state index contributed by atoms with van der Waals surface area (Å²) >= 11 is 0. The van der Waals surface area contributed by atoms with Gasteiger partial charge in [-0.2, -0.15) is 5.10 Å². The number of halogens is 2. The van der Waals surface area contributed by atoms with Gasteiger partial charge in [0.15, 0.2) is 0 Å². The summed E-state index contributed by atoms with van der Waals surface area (Å²) in [5.74, 6) is -0.294. The van der Waals surface area contributed by atoms with Crippen LogP contribution in [0.4, 0.5) is 8.78 Å². The van der Waals surface area contributed by atoms with Gasteiger partial charge in [0.25, 0.3) is 0 Å². The number of aromatic nitrogens is 2. The summed E-state index contributed by atoms with van der Waals surface area (Å²) in [6.07, 6.45) is 5.35. The third-order valence-corrected chi connectivity index (χ3v) is 7.23. The molecule has 3 aromatic rings. The first kappa shape index (κ1) is 20.1. The first-order chi connectivity index (χ1) is 14.9. The Labute approximate surface area is 181 Å². The maximum absolute atomic E-state index is 16.7. The number of hydrogen-bond acceptors (Lipinski definition) is 2. The second-order valence-corrected chi connectivity index (χ2v) is 9.04. The topological polar surface area (TPSA) is 38.0 Å². The van der Waals surface area contributed by atoms with Gasteiger partial charge in [0.1, 0.15) is 11.5 Å². The minimum Gasteiger partial charge on any atom is -0.389 e. The van der Waals surface area contributed by atoms with Crippen LogP contribution < -0.4 is 0 Å². The van der Waals surface area contributed by atoms with Gasteiger partial charge in [0.2, 0.25) is 0 Å². The molecule has 3 nitrogen and oxygen atoms in total. The summed E-state index contributed by atoms with van der Waals surface area (Å²) in [6, 6.07) is 15.8. The zero-order chi connectivity index (χ0) is 21.6. The molecule has 0 saturated heterocycles. The Kier molecular flexibility index (Phi) is 4.82. The molecule has 0 spiro atoms. The number of rotatable bonds is 4. The van der Waals surface area contributed by atoms with E-state index in [0.29, 0.717) is 25.7 Å². The Morgan fingerprint density at radius 1 is 1.13 bits per heavy atom. The summed E-state index contributed by atoms with van der Waals surface area (Å²) in [5, 5.41) is 15.6. The zero-order valence-electron chi connectivity index (χ0n) is 17.6. The number of hydrogen-bond donors (Lipinski definition) is 1. The van der Waals surface area contributed by atoms with E-state index in [-0.39, 0.29) is 5.82 Å². The number of allylic oxidation sites excluding steroid dienone is 1. The average molecular weight is 421 g/mol. The molecule has 0 radical (unpaired) electrons. The highest BCUT2D eigenvalue weighted by Gasteiger charge is 2.58. The van der Waals surface area contributed by atoms with E-state index in [2.05, 4.69) is 5.10 Å². The largest absolute Gasteiger partial charge is 0.389 e. The number of nitrogens with zero attached hydrogens (tertiary/aromatic N) is 2. The molecule has 0 aliphatic heterocycles. The highest BCUT2D eigenvalue weighted by Crippen LogP contribution is 2.56.